The van der Waals surface area contributed by atoms with Gasteiger partial charge in [-0.1, -0.05) is 99.8 Å². The van der Waals surface area contributed by atoms with Crippen LogP contribution in [0.5, 0.6) is 0 Å². The van der Waals surface area contributed by atoms with E-state index in [1.807, 2.05) is 65.0 Å². The number of cyclic esters (lactones) is 1. The maximum Gasteiger partial charge on any atom is 0.329 e. The van der Waals surface area contributed by atoms with Gasteiger partial charge in [0.2, 0.25) is 5.79 Å². The minimum absolute atomic E-state index is 0. The van der Waals surface area contributed by atoms with Gasteiger partial charge in [0.1, 0.15) is 23.7 Å². The van der Waals surface area contributed by atoms with Crippen molar-refractivity contribution in [1.82, 2.24) is 4.90 Å². The standard InChI is InChI=1S/C51H79NO11.2CH4.H3O3P.W/c1-30-16-12-11-13-17-31(2)44(61-10)28-40-21-19-37(8)51(60,63-40)48(57)49(58)52-23-15-14-18-41(52)50(59)62-45(34(5)27-39-20-22-42(53)33(4)26-39)29-43(54)32(3)25-36(7)47(56)38(9)46(55)35(6)24-30;;;1-4(2)3;/h11-13,16-17,25,30,32-35,37-42,44-45,47,53,56,60H,14-15,18-24,26-29H2,1-10H3;2*1H4;4H,(H2,1,2,3);/b13-11?,16-12+,31-17?,36-25+;;;;/t30-,32-,33-,34-,35-,37-,38+,39-,40?,41+,42-,44+,45+,47-,51-;;;;/m1..../s1. The van der Waals surface area contributed by atoms with Crippen LogP contribution in [0.2, 0.25) is 0 Å². The van der Waals surface area contributed by atoms with Gasteiger partial charge in [-0.15, -0.1) is 0 Å². The van der Waals surface area contributed by atoms with Crippen molar-refractivity contribution in [3.63, 3.8) is 0 Å². The van der Waals surface area contributed by atoms with Crippen molar-refractivity contribution in [2.45, 2.75) is 197 Å². The van der Waals surface area contributed by atoms with Crippen LogP contribution in [0, 0.1) is 47.3 Å². The van der Waals surface area contributed by atoms with E-state index in [9.17, 15) is 39.3 Å². The second kappa shape index (κ2) is 32.0. The molecule has 2 saturated heterocycles. The fourth-order valence-electron chi connectivity index (χ4n) is 10.2. The maximum atomic E-state index is 14.3. The van der Waals surface area contributed by atoms with Crippen LogP contribution in [0.25, 0.3) is 0 Å². The van der Waals surface area contributed by atoms with E-state index in [0.717, 1.165) is 18.4 Å². The average Bonchev–Trinajstić information content (AvgIpc) is 3.28. The van der Waals surface area contributed by atoms with Crippen LogP contribution >= 0.6 is 8.25 Å². The molecule has 1 saturated carbocycles. The summed E-state index contributed by atoms with van der Waals surface area (Å²) in [5.74, 6) is -7.70. The van der Waals surface area contributed by atoms with Crippen molar-refractivity contribution in [3.05, 3.63) is 47.6 Å². The summed E-state index contributed by atoms with van der Waals surface area (Å²) in [5, 5.41) is 33.7. The summed E-state index contributed by atoms with van der Waals surface area (Å²) in [7, 11) is -1.54. The zero-order chi connectivity index (χ0) is 50.3. The number of piperidine rings is 1. The number of fused-ring (bicyclic) bond motifs is 3. The number of aliphatic hydroxyl groups excluding tert-OH is 2. The quantitative estimate of drug-likeness (QED) is 0.0776. The molecule has 0 radical (unpaired) electrons. The molecule has 1 unspecified atom stereocenters. The number of hydrogen-bond donors (Lipinski definition) is 5. The minimum Gasteiger partial charge on any atom is -0.460 e. The number of nitrogens with zero attached hydrogens (tertiary/aromatic N) is 1. The van der Waals surface area contributed by atoms with Gasteiger partial charge in [0.15, 0.2) is 0 Å². The smallest absolute Gasteiger partial charge is 0.329 e. The van der Waals surface area contributed by atoms with E-state index in [1.165, 1.54) is 4.90 Å². The van der Waals surface area contributed by atoms with Gasteiger partial charge in [0.25, 0.3) is 11.7 Å². The van der Waals surface area contributed by atoms with E-state index < -0.39 is 79.9 Å². The van der Waals surface area contributed by atoms with E-state index in [1.54, 1.807) is 40.9 Å². The minimum atomic E-state index is -3.13. The molecule has 0 aromatic carbocycles. The predicted molar refractivity (Wildman–Crippen MR) is 269 cm³/mol. The van der Waals surface area contributed by atoms with Crippen LogP contribution in [0.1, 0.15) is 154 Å². The number of carbonyl (C=O) groups is 5. The first-order valence-electron chi connectivity index (χ1n) is 24.4. The Labute approximate surface area is 434 Å². The molecular formula is C53H90NO14PW. The number of carbonyl (C=O) groups excluding carboxylic acids is 5. The van der Waals surface area contributed by atoms with Crippen LogP contribution in [0.3, 0.4) is 0 Å². The molecule has 5 N–H and O–H groups in total. The van der Waals surface area contributed by atoms with E-state index in [0.29, 0.717) is 56.9 Å². The SMILES string of the molecule is C.C.CO[C@H]1CC2CC[C@@H](C)[C@@](O)(O2)C(=O)C(=O)N2CCCC[C@H]2C(=O)O[C@H]([C@H](C)C[C@@H]2CC[C@@H](O)[C@H](C)C2)CC(=O)[C@H](C)/C=C(\C)[C@@H](O)[C@@H](C)C(=O)[C@H](C)C[C@H](C)/C=C/C=CC=C1C.O=[PH](O)O.[W]. The number of ether oxygens (including phenoxy) is 3. The number of hydrogen-bond acceptors (Lipinski definition) is 12. The molecule has 1 amide bonds. The van der Waals surface area contributed by atoms with E-state index >= 15 is 0 Å². The molecule has 15 atom stereocenters. The van der Waals surface area contributed by atoms with Crippen LogP contribution < -0.4 is 0 Å². The van der Waals surface area contributed by atoms with Crippen molar-refractivity contribution >= 4 is 37.5 Å². The van der Waals surface area contributed by atoms with Crippen molar-refractivity contribution < 1.29 is 88.9 Å². The molecule has 3 aliphatic heterocycles. The van der Waals surface area contributed by atoms with Gasteiger partial charge in [-0.25, -0.2) is 4.79 Å². The molecule has 0 spiro atoms. The second-order valence-electron chi connectivity index (χ2n) is 20.2. The largest absolute Gasteiger partial charge is 0.460 e. The van der Waals surface area contributed by atoms with Crippen LogP contribution in [-0.2, 0) is 63.8 Å². The van der Waals surface area contributed by atoms with Gasteiger partial charge in [-0.3, -0.25) is 23.7 Å². The Morgan fingerprint density at radius 2 is 1.51 bits per heavy atom. The molecule has 4 aliphatic rings. The summed E-state index contributed by atoms with van der Waals surface area (Å²) in [5.41, 5.74) is 1.40. The molecule has 0 aromatic rings. The summed E-state index contributed by atoms with van der Waals surface area (Å²) < 4.78 is 27.0. The maximum absolute atomic E-state index is 14.3. The van der Waals surface area contributed by atoms with Gasteiger partial charge in [0.05, 0.1) is 24.4 Å². The third-order valence-electron chi connectivity index (χ3n) is 14.6. The molecule has 17 heteroatoms. The number of rotatable bonds is 4. The van der Waals surface area contributed by atoms with Gasteiger partial charge >= 0.3 is 14.2 Å². The number of Topliss-reactive ketones (excluding diaryl/α,β-unsaturated/α-hetero) is 3. The van der Waals surface area contributed by atoms with Crippen LogP contribution in [-0.4, -0.2) is 115 Å². The van der Waals surface area contributed by atoms with Gasteiger partial charge < -0.3 is 44.2 Å². The fraction of sp³-hybridized carbons (Fsp3) is 0.755. The Bertz CT molecular complexity index is 1830. The summed E-state index contributed by atoms with van der Waals surface area (Å²) in [6.45, 7) is 16.8. The third kappa shape index (κ3) is 19.8. The number of methoxy groups -OCH3 is 1. The van der Waals surface area contributed by atoms with Crippen molar-refractivity contribution in [2.24, 2.45) is 47.3 Å². The Morgan fingerprint density at radius 1 is 0.871 bits per heavy atom. The molecule has 0 aromatic heterocycles. The fourth-order valence-corrected chi connectivity index (χ4v) is 10.2. The molecule has 402 valence electrons. The van der Waals surface area contributed by atoms with Crippen molar-refractivity contribution in [1.29, 1.82) is 0 Å². The van der Waals surface area contributed by atoms with Crippen molar-refractivity contribution in [3.8, 4) is 0 Å². The molecule has 1 aliphatic carbocycles. The first kappa shape index (κ1) is 67.5. The molecule has 2 bridgehead atoms. The van der Waals surface area contributed by atoms with E-state index in [2.05, 4.69) is 0 Å². The summed E-state index contributed by atoms with van der Waals surface area (Å²) >= 11 is 0. The Balaban J connectivity index is 0.00000654. The van der Waals surface area contributed by atoms with Crippen LogP contribution in [0.15, 0.2) is 47.6 Å². The summed E-state index contributed by atoms with van der Waals surface area (Å²) in [6.07, 6.45) is 14.2. The van der Waals surface area contributed by atoms with Gasteiger partial charge in [-0.2, -0.15) is 0 Å². The topological polar surface area (TPSA) is 234 Å². The van der Waals surface area contributed by atoms with Crippen molar-refractivity contribution in [2.75, 3.05) is 13.7 Å². The zero-order valence-corrected chi connectivity index (χ0v) is 45.9. The molecule has 4 rings (SSSR count). The first-order valence-corrected chi connectivity index (χ1v) is 25.7. The number of allylic oxidation sites excluding steroid dienone is 6. The Morgan fingerprint density at radius 3 is 2.13 bits per heavy atom. The molecule has 70 heavy (non-hydrogen) atoms. The van der Waals surface area contributed by atoms with Gasteiger partial charge in [0, 0.05) is 71.2 Å². The Hall–Kier alpha value is -2.45. The number of aliphatic hydroxyl groups is 3. The average molecular weight is 1180 g/mol. The summed E-state index contributed by atoms with van der Waals surface area (Å²) in [6, 6.07) is -1.10. The molecule has 3 fully saturated rings. The third-order valence-corrected chi connectivity index (χ3v) is 14.6. The monoisotopic (exact) mass is 1180 g/mol. The predicted octanol–water partition coefficient (Wildman–Crippen LogP) is 8.05. The zero-order valence-electron chi connectivity index (χ0n) is 42.0. The molecular weight excluding hydrogens is 1090 g/mol. The number of ketones is 3. The first-order chi connectivity index (χ1) is 31.4. The number of esters is 1. The number of amides is 1. The molecule has 15 nitrogen and oxygen atoms in total. The molecule has 3 heterocycles. The normalized spacial score (nSPS) is 36.5. The Kier molecular flexibility index (Phi) is 30.9. The van der Waals surface area contributed by atoms with E-state index in [-0.39, 0.29) is 103 Å². The van der Waals surface area contributed by atoms with Gasteiger partial charge in [-0.05, 0) is 113 Å². The second-order valence-corrected chi connectivity index (χ2v) is 20.8. The van der Waals surface area contributed by atoms with Crippen LogP contribution in [0.4, 0.5) is 0 Å². The summed E-state index contributed by atoms with van der Waals surface area (Å²) in [4.78, 5) is 85.8. The van der Waals surface area contributed by atoms with E-state index in [4.69, 9.17) is 28.6 Å².